The molecule has 0 aliphatic heterocycles. The van der Waals surface area contributed by atoms with Crippen LogP contribution in [0.5, 0.6) is 0 Å². The van der Waals surface area contributed by atoms with E-state index < -0.39 is 0 Å². The van der Waals surface area contributed by atoms with Crippen LogP contribution in [0.4, 0.5) is 5.69 Å². The minimum atomic E-state index is 0.660. The Balaban J connectivity index is 1.73. The van der Waals surface area contributed by atoms with Crippen molar-refractivity contribution in [1.29, 1.82) is 0 Å². The second kappa shape index (κ2) is 5.59. The third kappa shape index (κ3) is 3.05. The van der Waals surface area contributed by atoms with Crippen molar-refractivity contribution in [2.24, 2.45) is 0 Å². The van der Waals surface area contributed by atoms with Gasteiger partial charge in [-0.1, -0.05) is 12.1 Å². The standard InChI is InChI=1S/C14H11BrN2OS/c15-13-5-4-12(18-13)9-17-11-3-1-2-10(8-11)14-16-6-7-19-14/h1-8,17H,9H2. The SMILES string of the molecule is Brc1ccc(CNc2cccc(-c3nccs3)c2)o1. The van der Waals surface area contributed by atoms with Crippen LogP contribution in [0, 0.1) is 0 Å². The minimum absolute atomic E-state index is 0.660. The van der Waals surface area contributed by atoms with E-state index >= 15 is 0 Å². The van der Waals surface area contributed by atoms with E-state index in [-0.39, 0.29) is 0 Å². The first kappa shape index (κ1) is 12.4. The van der Waals surface area contributed by atoms with Crippen molar-refractivity contribution >= 4 is 33.0 Å². The minimum Gasteiger partial charge on any atom is -0.452 e. The average Bonchev–Trinajstić information content (AvgIpc) is 3.08. The maximum Gasteiger partial charge on any atom is 0.169 e. The second-order valence-corrected chi connectivity index (χ2v) is 5.65. The van der Waals surface area contributed by atoms with Gasteiger partial charge < -0.3 is 9.73 Å². The molecule has 0 fully saturated rings. The van der Waals surface area contributed by atoms with Crippen molar-refractivity contribution in [2.45, 2.75) is 6.54 Å². The molecule has 0 aliphatic carbocycles. The van der Waals surface area contributed by atoms with Crippen LogP contribution >= 0.6 is 27.3 Å². The number of benzene rings is 1. The monoisotopic (exact) mass is 334 g/mol. The summed E-state index contributed by atoms with van der Waals surface area (Å²) in [5.41, 5.74) is 2.18. The number of nitrogens with one attached hydrogen (secondary N) is 1. The fraction of sp³-hybridized carbons (Fsp3) is 0.0714. The second-order valence-electron chi connectivity index (χ2n) is 3.98. The van der Waals surface area contributed by atoms with Gasteiger partial charge in [-0.15, -0.1) is 11.3 Å². The summed E-state index contributed by atoms with van der Waals surface area (Å²) < 4.78 is 6.20. The highest BCUT2D eigenvalue weighted by Gasteiger charge is 2.03. The molecule has 0 saturated carbocycles. The molecule has 0 unspecified atom stereocenters. The Morgan fingerprint density at radius 1 is 1.26 bits per heavy atom. The van der Waals surface area contributed by atoms with Crippen LogP contribution in [0.2, 0.25) is 0 Å². The van der Waals surface area contributed by atoms with E-state index in [1.54, 1.807) is 11.3 Å². The number of hydrogen-bond acceptors (Lipinski definition) is 4. The first-order valence-corrected chi connectivity index (χ1v) is 7.46. The summed E-state index contributed by atoms with van der Waals surface area (Å²) in [7, 11) is 0. The van der Waals surface area contributed by atoms with E-state index in [0.29, 0.717) is 6.54 Å². The summed E-state index contributed by atoms with van der Waals surface area (Å²) in [4.78, 5) is 4.32. The number of hydrogen-bond donors (Lipinski definition) is 1. The molecular weight excluding hydrogens is 324 g/mol. The van der Waals surface area contributed by atoms with Gasteiger partial charge in [0.05, 0.1) is 6.54 Å². The topological polar surface area (TPSA) is 38.1 Å². The zero-order valence-corrected chi connectivity index (χ0v) is 12.4. The molecule has 1 N–H and O–H groups in total. The van der Waals surface area contributed by atoms with Crippen molar-refractivity contribution in [3.05, 3.63) is 58.4 Å². The lowest BCUT2D eigenvalue weighted by Gasteiger charge is -2.05. The zero-order valence-electron chi connectivity index (χ0n) is 9.97. The molecule has 1 aromatic carbocycles. The van der Waals surface area contributed by atoms with E-state index in [1.165, 1.54) is 0 Å². The van der Waals surface area contributed by atoms with E-state index in [9.17, 15) is 0 Å². The van der Waals surface area contributed by atoms with Crippen molar-refractivity contribution < 1.29 is 4.42 Å². The van der Waals surface area contributed by atoms with Crippen molar-refractivity contribution in [3.63, 3.8) is 0 Å². The molecule has 2 aromatic heterocycles. The van der Waals surface area contributed by atoms with Crippen molar-refractivity contribution in [3.8, 4) is 10.6 Å². The molecule has 0 bridgehead atoms. The molecule has 3 aromatic rings. The molecule has 0 radical (unpaired) electrons. The number of halogens is 1. The highest BCUT2D eigenvalue weighted by Crippen LogP contribution is 2.24. The van der Waals surface area contributed by atoms with Gasteiger partial charge in [-0.05, 0) is 40.2 Å². The summed E-state index contributed by atoms with van der Waals surface area (Å²) in [5, 5.41) is 6.35. The first-order chi connectivity index (χ1) is 9.31. The summed E-state index contributed by atoms with van der Waals surface area (Å²) in [6.45, 7) is 0.660. The van der Waals surface area contributed by atoms with Crippen LogP contribution in [0.3, 0.4) is 0 Å². The quantitative estimate of drug-likeness (QED) is 0.746. The Morgan fingerprint density at radius 2 is 2.21 bits per heavy atom. The summed E-state index contributed by atoms with van der Waals surface area (Å²) >= 11 is 4.93. The van der Waals surface area contributed by atoms with Gasteiger partial charge >= 0.3 is 0 Å². The van der Waals surface area contributed by atoms with Crippen molar-refractivity contribution in [1.82, 2.24) is 4.98 Å². The van der Waals surface area contributed by atoms with Gasteiger partial charge in [0, 0.05) is 22.8 Å². The van der Waals surface area contributed by atoms with Gasteiger partial charge in [-0.2, -0.15) is 0 Å². The molecule has 19 heavy (non-hydrogen) atoms. The maximum absolute atomic E-state index is 5.45. The Kier molecular flexibility index (Phi) is 3.66. The predicted octanol–water partition coefficient (Wildman–Crippen LogP) is 4.78. The lowest BCUT2D eigenvalue weighted by Crippen LogP contribution is -1.97. The van der Waals surface area contributed by atoms with Gasteiger partial charge in [0.15, 0.2) is 4.67 Å². The molecule has 2 heterocycles. The molecule has 0 spiro atoms. The van der Waals surface area contributed by atoms with Gasteiger partial charge in [-0.25, -0.2) is 4.98 Å². The highest BCUT2D eigenvalue weighted by molar-refractivity contribution is 9.10. The summed E-state index contributed by atoms with van der Waals surface area (Å²) in [6, 6.07) is 12.1. The van der Waals surface area contributed by atoms with Crippen LogP contribution in [0.1, 0.15) is 5.76 Å². The molecule has 0 saturated heterocycles. The largest absolute Gasteiger partial charge is 0.452 e. The molecule has 0 aliphatic rings. The van der Waals surface area contributed by atoms with Crippen LogP contribution in [0.25, 0.3) is 10.6 Å². The fourth-order valence-electron chi connectivity index (χ4n) is 1.76. The lowest BCUT2D eigenvalue weighted by atomic mass is 10.2. The zero-order chi connectivity index (χ0) is 13.1. The lowest BCUT2D eigenvalue weighted by molar-refractivity contribution is 0.495. The van der Waals surface area contributed by atoms with Crippen LogP contribution in [0.15, 0.2) is 57.1 Å². The third-order valence-electron chi connectivity index (χ3n) is 2.64. The summed E-state index contributed by atoms with van der Waals surface area (Å²) in [5.74, 6) is 0.895. The Labute approximate surface area is 123 Å². The summed E-state index contributed by atoms with van der Waals surface area (Å²) in [6.07, 6.45) is 1.82. The molecule has 0 amide bonds. The molecule has 0 atom stereocenters. The Bertz CT molecular complexity index is 664. The van der Waals surface area contributed by atoms with Crippen LogP contribution in [-0.4, -0.2) is 4.98 Å². The third-order valence-corrected chi connectivity index (χ3v) is 3.89. The van der Waals surface area contributed by atoms with Gasteiger partial charge in [0.1, 0.15) is 10.8 Å². The number of nitrogens with zero attached hydrogens (tertiary/aromatic N) is 1. The van der Waals surface area contributed by atoms with Crippen LogP contribution < -0.4 is 5.32 Å². The normalized spacial score (nSPS) is 10.6. The van der Waals surface area contributed by atoms with E-state index in [1.807, 2.05) is 35.8 Å². The van der Waals surface area contributed by atoms with E-state index in [4.69, 9.17) is 4.42 Å². The van der Waals surface area contributed by atoms with Gasteiger partial charge in [0.25, 0.3) is 0 Å². The molecule has 3 nitrogen and oxygen atoms in total. The number of thiazole rings is 1. The van der Waals surface area contributed by atoms with E-state index in [0.717, 1.165) is 26.7 Å². The molecule has 5 heteroatoms. The maximum atomic E-state index is 5.45. The molecular formula is C14H11BrN2OS. The Morgan fingerprint density at radius 3 is 2.95 bits per heavy atom. The van der Waals surface area contributed by atoms with Crippen molar-refractivity contribution in [2.75, 3.05) is 5.32 Å². The Hall–Kier alpha value is -1.59. The van der Waals surface area contributed by atoms with Gasteiger partial charge in [0.2, 0.25) is 0 Å². The predicted molar refractivity (Wildman–Crippen MR) is 81.3 cm³/mol. The molecule has 96 valence electrons. The number of anilines is 1. The highest BCUT2D eigenvalue weighted by atomic mass is 79.9. The smallest absolute Gasteiger partial charge is 0.169 e. The number of rotatable bonds is 4. The average molecular weight is 335 g/mol. The molecule has 3 rings (SSSR count). The number of aromatic nitrogens is 1. The van der Waals surface area contributed by atoms with E-state index in [2.05, 4.69) is 38.4 Å². The van der Waals surface area contributed by atoms with Crippen LogP contribution in [-0.2, 0) is 6.54 Å². The first-order valence-electron chi connectivity index (χ1n) is 5.79. The van der Waals surface area contributed by atoms with Gasteiger partial charge in [-0.3, -0.25) is 0 Å². The fourth-order valence-corrected chi connectivity index (χ4v) is 2.74. The number of furan rings is 1.